The highest BCUT2D eigenvalue weighted by Crippen LogP contribution is 2.25. The Kier molecular flexibility index (Phi) is 11.7. The van der Waals surface area contributed by atoms with Gasteiger partial charge in [0.1, 0.15) is 36.4 Å². The summed E-state index contributed by atoms with van der Waals surface area (Å²) in [6.07, 6.45) is -0.666. The predicted octanol–water partition coefficient (Wildman–Crippen LogP) is 4.29. The van der Waals surface area contributed by atoms with Gasteiger partial charge in [0.15, 0.2) is 0 Å². The molecule has 0 spiro atoms. The molecule has 0 aliphatic heterocycles. The normalized spacial score (nSPS) is 12.7. The Balaban J connectivity index is 2.48. The van der Waals surface area contributed by atoms with E-state index in [1.54, 1.807) is 53.7 Å². The van der Waals surface area contributed by atoms with Crippen LogP contribution in [0.4, 0.5) is 4.79 Å². The zero-order valence-corrected chi connectivity index (χ0v) is 25.7. The van der Waals surface area contributed by atoms with E-state index in [9.17, 15) is 24.4 Å². The number of amides is 3. The third-order valence-electron chi connectivity index (χ3n) is 5.75. The van der Waals surface area contributed by atoms with Gasteiger partial charge in [-0.15, -0.1) is 0 Å². The van der Waals surface area contributed by atoms with Gasteiger partial charge in [0.25, 0.3) is 0 Å². The van der Waals surface area contributed by atoms with Crippen LogP contribution in [0.25, 0.3) is 0 Å². The van der Waals surface area contributed by atoms with Crippen molar-refractivity contribution in [2.75, 3.05) is 13.1 Å². The highest BCUT2D eigenvalue weighted by Gasteiger charge is 2.35. The number of nitriles is 1. The van der Waals surface area contributed by atoms with Crippen molar-refractivity contribution in [3.63, 3.8) is 0 Å². The summed E-state index contributed by atoms with van der Waals surface area (Å²) in [4.78, 5) is 54.0. The number of aryl methyl sites for hydroxylation is 2. The molecule has 2 N–H and O–H groups in total. The maximum absolute atomic E-state index is 14.0. The molecule has 0 bridgehead atoms. The van der Waals surface area contributed by atoms with E-state index >= 15 is 0 Å². The fourth-order valence-electron chi connectivity index (χ4n) is 4.27. The van der Waals surface area contributed by atoms with Crippen LogP contribution in [-0.4, -0.2) is 59.1 Å². The van der Waals surface area contributed by atoms with Crippen molar-refractivity contribution in [3.8, 4) is 6.07 Å². The molecule has 0 radical (unpaired) electrons. The van der Waals surface area contributed by atoms with Gasteiger partial charge in [0.05, 0.1) is 6.07 Å². The summed E-state index contributed by atoms with van der Waals surface area (Å²) in [5, 5.41) is 14.8. The summed E-state index contributed by atoms with van der Waals surface area (Å²) in [5.74, 6) is -1.99. The Labute approximate surface area is 248 Å². The van der Waals surface area contributed by atoms with Crippen LogP contribution in [-0.2, 0) is 30.3 Å². The van der Waals surface area contributed by atoms with Gasteiger partial charge in [0.2, 0.25) is 11.8 Å². The molecule has 2 atom stereocenters. The van der Waals surface area contributed by atoms with E-state index in [1.807, 2.05) is 56.3 Å². The third-order valence-corrected chi connectivity index (χ3v) is 5.75. The van der Waals surface area contributed by atoms with Crippen LogP contribution >= 0.6 is 0 Å². The molecule has 2 rings (SSSR count). The second-order valence-corrected chi connectivity index (χ2v) is 12.1. The minimum absolute atomic E-state index is 0.146. The molecule has 0 aromatic heterocycles. The molecule has 2 aromatic rings. The lowest BCUT2D eigenvalue weighted by Crippen LogP contribution is -2.52. The number of hydrogen-bond donors (Lipinski definition) is 2. The summed E-state index contributed by atoms with van der Waals surface area (Å²) < 4.78 is 10.8. The number of carbonyl (C=O) groups excluding carboxylic acids is 4. The van der Waals surface area contributed by atoms with E-state index in [4.69, 9.17) is 9.47 Å². The van der Waals surface area contributed by atoms with Crippen LogP contribution in [0.2, 0.25) is 0 Å². The number of ether oxygens (including phenoxy) is 2. The van der Waals surface area contributed by atoms with Crippen molar-refractivity contribution in [2.24, 2.45) is 0 Å². The molecule has 3 amide bonds. The number of nitrogens with zero attached hydrogens (tertiary/aromatic N) is 2. The SMILES string of the molecule is Cc1cc(C)cc(C(C(=O)NC(Cc2ccccc2)C(=O)OC(C)(C)C)N(CC#N)C(=O)CNC(=O)OC(C)(C)C)c1. The van der Waals surface area contributed by atoms with Gasteiger partial charge >= 0.3 is 12.1 Å². The largest absolute Gasteiger partial charge is 0.458 e. The van der Waals surface area contributed by atoms with Gasteiger partial charge in [-0.05, 0) is 66.5 Å². The van der Waals surface area contributed by atoms with E-state index in [0.29, 0.717) is 5.56 Å². The second kappa shape index (κ2) is 14.5. The maximum Gasteiger partial charge on any atom is 0.408 e. The maximum atomic E-state index is 14.0. The zero-order chi connectivity index (χ0) is 31.7. The Hall–Kier alpha value is -4.39. The Bertz CT molecular complexity index is 1280. The molecule has 0 saturated heterocycles. The quantitative estimate of drug-likeness (QED) is 0.317. The molecule has 2 aromatic carbocycles. The van der Waals surface area contributed by atoms with Crippen LogP contribution < -0.4 is 10.6 Å². The first kappa shape index (κ1) is 33.8. The van der Waals surface area contributed by atoms with Crippen molar-refractivity contribution in [1.29, 1.82) is 5.26 Å². The number of nitrogens with one attached hydrogen (secondary N) is 2. The first-order valence-electron chi connectivity index (χ1n) is 13.8. The van der Waals surface area contributed by atoms with Crippen molar-refractivity contribution in [2.45, 2.75) is 85.1 Å². The van der Waals surface area contributed by atoms with Gasteiger partial charge in [-0.3, -0.25) is 9.59 Å². The van der Waals surface area contributed by atoms with Crippen LogP contribution in [0.15, 0.2) is 48.5 Å². The van der Waals surface area contributed by atoms with Crippen LogP contribution in [0, 0.1) is 25.2 Å². The summed E-state index contributed by atoms with van der Waals surface area (Å²) in [5.41, 5.74) is 1.34. The molecule has 2 unspecified atom stereocenters. The summed E-state index contributed by atoms with van der Waals surface area (Å²) >= 11 is 0. The van der Waals surface area contributed by atoms with Gasteiger partial charge in [-0.1, -0.05) is 59.7 Å². The van der Waals surface area contributed by atoms with E-state index in [2.05, 4.69) is 10.6 Å². The number of carbonyl (C=O) groups is 4. The lowest BCUT2D eigenvalue weighted by Gasteiger charge is -2.32. The Morgan fingerprint density at radius 2 is 1.48 bits per heavy atom. The summed E-state index contributed by atoms with van der Waals surface area (Å²) in [7, 11) is 0. The van der Waals surface area contributed by atoms with Crippen LogP contribution in [0.1, 0.15) is 69.8 Å². The number of benzene rings is 2. The van der Waals surface area contributed by atoms with Crippen molar-refractivity contribution < 1.29 is 28.7 Å². The molecule has 10 nitrogen and oxygen atoms in total. The molecule has 42 heavy (non-hydrogen) atoms. The highest BCUT2D eigenvalue weighted by atomic mass is 16.6. The van der Waals surface area contributed by atoms with Crippen LogP contribution in [0.5, 0.6) is 0 Å². The molecule has 0 aliphatic carbocycles. The monoisotopic (exact) mass is 578 g/mol. The van der Waals surface area contributed by atoms with Crippen molar-refractivity contribution in [1.82, 2.24) is 15.5 Å². The summed E-state index contributed by atoms with van der Waals surface area (Å²) in [6, 6.07) is 14.2. The zero-order valence-electron chi connectivity index (χ0n) is 25.7. The van der Waals surface area contributed by atoms with E-state index < -0.39 is 60.3 Å². The first-order chi connectivity index (χ1) is 19.5. The number of esters is 1. The molecular formula is C32H42N4O6. The predicted molar refractivity (Wildman–Crippen MR) is 158 cm³/mol. The van der Waals surface area contributed by atoms with Gasteiger partial charge in [-0.2, -0.15) is 5.26 Å². The molecular weight excluding hydrogens is 536 g/mol. The third kappa shape index (κ3) is 11.2. The van der Waals surface area contributed by atoms with E-state index in [1.165, 1.54) is 0 Å². The van der Waals surface area contributed by atoms with Crippen LogP contribution in [0.3, 0.4) is 0 Å². The lowest BCUT2D eigenvalue weighted by molar-refractivity contribution is -0.159. The second-order valence-electron chi connectivity index (χ2n) is 12.1. The highest BCUT2D eigenvalue weighted by molar-refractivity contribution is 5.93. The summed E-state index contributed by atoms with van der Waals surface area (Å²) in [6.45, 7) is 13.0. The molecule has 0 aliphatic rings. The lowest BCUT2D eigenvalue weighted by atomic mass is 9.98. The molecule has 0 heterocycles. The van der Waals surface area contributed by atoms with Crippen molar-refractivity contribution in [3.05, 3.63) is 70.8 Å². The molecule has 226 valence electrons. The molecule has 0 saturated carbocycles. The fraction of sp³-hybridized carbons (Fsp3) is 0.469. The van der Waals surface area contributed by atoms with Gasteiger partial charge < -0.3 is 25.0 Å². The number of alkyl carbamates (subject to hydrolysis) is 1. The minimum Gasteiger partial charge on any atom is -0.458 e. The first-order valence-corrected chi connectivity index (χ1v) is 13.8. The topological polar surface area (TPSA) is 138 Å². The Morgan fingerprint density at radius 1 is 0.905 bits per heavy atom. The molecule has 10 heteroatoms. The molecule has 0 fully saturated rings. The standard InChI is InChI=1S/C32H42N4O6/c1-21-16-22(2)18-24(17-21)27(36(15-14-33)26(37)20-34-30(40)42-32(6,7)8)28(38)35-25(29(39)41-31(3,4)5)19-23-12-10-9-11-13-23/h9-13,16-18,25,27H,15,19-20H2,1-8H3,(H,34,40)(H,35,38). The smallest absolute Gasteiger partial charge is 0.408 e. The average Bonchev–Trinajstić information content (AvgIpc) is 2.84. The minimum atomic E-state index is -1.28. The Morgan fingerprint density at radius 3 is 2.00 bits per heavy atom. The fourth-order valence-corrected chi connectivity index (χ4v) is 4.27. The average molecular weight is 579 g/mol. The van der Waals surface area contributed by atoms with Gasteiger partial charge in [0, 0.05) is 6.42 Å². The van der Waals surface area contributed by atoms with Gasteiger partial charge in [-0.25, -0.2) is 9.59 Å². The van der Waals surface area contributed by atoms with E-state index in [-0.39, 0.29) is 6.42 Å². The van der Waals surface area contributed by atoms with E-state index in [0.717, 1.165) is 21.6 Å². The number of hydrogen-bond acceptors (Lipinski definition) is 7. The van der Waals surface area contributed by atoms with Crippen molar-refractivity contribution >= 4 is 23.9 Å². The number of rotatable bonds is 10.